The van der Waals surface area contributed by atoms with E-state index in [1.807, 2.05) is 26.0 Å². The van der Waals surface area contributed by atoms with Gasteiger partial charge in [-0.3, -0.25) is 4.79 Å². The molecular weight excluding hydrogens is 268 g/mol. The van der Waals surface area contributed by atoms with Gasteiger partial charge in [-0.05, 0) is 49.9 Å². The maximum atomic E-state index is 12.6. The quantitative estimate of drug-likeness (QED) is 0.890. The minimum atomic E-state index is -0.927. The number of hydrogen-bond donors (Lipinski definition) is 2. The third-order valence-corrected chi connectivity index (χ3v) is 4.12. The SMILES string of the molecule is Cc1cc(C)c2cc(C(=O)N3CCCC3C(=O)O)[nH]c2c1. The molecule has 1 aliphatic rings. The summed E-state index contributed by atoms with van der Waals surface area (Å²) in [7, 11) is 0. The fraction of sp³-hybridized carbons (Fsp3) is 0.375. The van der Waals surface area contributed by atoms with Crippen molar-refractivity contribution in [3.63, 3.8) is 0 Å². The molecule has 2 heterocycles. The number of benzene rings is 1. The van der Waals surface area contributed by atoms with E-state index in [0.717, 1.165) is 28.5 Å². The standard InChI is InChI=1S/C16H18N2O3/c1-9-6-10(2)11-8-13(17-12(11)7-9)15(19)18-5-3-4-14(18)16(20)21/h6-8,14,17H,3-5H2,1-2H3,(H,20,21). The molecular formula is C16H18N2O3. The molecule has 1 unspecified atom stereocenters. The minimum Gasteiger partial charge on any atom is -0.480 e. The number of carbonyl (C=O) groups is 2. The van der Waals surface area contributed by atoms with Crippen molar-refractivity contribution < 1.29 is 14.7 Å². The second-order valence-electron chi connectivity index (χ2n) is 5.72. The maximum Gasteiger partial charge on any atom is 0.326 e. The van der Waals surface area contributed by atoms with Gasteiger partial charge in [-0.2, -0.15) is 0 Å². The van der Waals surface area contributed by atoms with Crippen LogP contribution in [-0.4, -0.2) is 39.5 Å². The third-order valence-electron chi connectivity index (χ3n) is 4.12. The zero-order valence-corrected chi connectivity index (χ0v) is 12.1. The van der Waals surface area contributed by atoms with Crippen molar-refractivity contribution in [1.82, 2.24) is 9.88 Å². The number of carboxylic acids is 1. The van der Waals surface area contributed by atoms with Crippen molar-refractivity contribution >= 4 is 22.8 Å². The summed E-state index contributed by atoms with van der Waals surface area (Å²) < 4.78 is 0. The normalized spacial score (nSPS) is 18.4. The molecule has 1 aliphatic heterocycles. The molecule has 110 valence electrons. The molecule has 2 aromatic rings. The predicted octanol–water partition coefficient (Wildman–Crippen LogP) is 2.47. The molecule has 0 radical (unpaired) electrons. The highest BCUT2D eigenvalue weighted by Crippen LogP contribution is 2.25. The number of hydrogen-bond acceptors (Lipinski definition) is 2. The van der Waals surface area contributed by atoms with Gasteiger partial charge in [-0.1, -0.05) is 6.07 Å². The van der Waals surface area contributed by atoms with Gasteiger partial charge in [0, 0.05) is 17.4 Å². The van der Waals surface area contributed by atoms with Crippen LogP contribution in [0.1, 0.15) is 34.5 Å². The average molecular weight is 286 g/mol. The number of H-pyrrole nitrogens is 1. The fourth-order valence-electron chi connectivity index (χ4n) is 3.14. The summed E-state index contributed by atoms with van der Waals surface area (Å²) in [5.74, 6) is -1.16. The van der Waals surface area contributed by atoms with Gasteiger partial charge in [-0.15, -0.1) is 0 Å². The molecule has 1 aromatic carbocycles. The van der Waals surface area contributed by atoms with Crippen molar-refractivity contribution in [2.24, 2.45) is 0 Å². The molecule has 1 fully saturated rings. The number of amides is 1. The van der Waals surface area contributed by atoms with E-state index >= 15 is 0 Å². The lowest BCUT2D eigenvalue weighted by atomic mass is 10.1. The zero-order chi connectivity index (χ0) is 15.1. The van der Waals surface area contributed by atoms with E-state index in [-0.39, 0.29) is 5.91 Å². The van der Waals surface area contributed by atoms with Gasteiger partial charge >= 0.3 is 5.97 Å². The van der Waals surface area contributed by atoms with Gasteiger partial charge in [0.15, 0.2) is 0 Å². The summed E-state index contributed by atoms with van der Waals surface area (Å²) in [6.07, 6.45) is 1.26. The Bertz CT molecular complexity index is 732. The Balaban J connectivity index is 1.98. The number of carbonyl (C=O) groups excluding carboxylic acids is 1. The number of aromatic nitrogens is 1. The molecule has 0 spiro atoms. The summed E-state index contributed by atoms with van der Waals surface area (Å²) in [6.45, 7) is 4.52. The van der Waals surface area contributed by atoms with E-state index in [4.69, 9.17) is 0 Å². The first-order valence-corrected chi connectivity index (χ1v) is 7.11. The molecule has 1 aromatic heterocycles. The Hall–Kier alpha value is -2.30. The minimum absolute atomic E-state index is 0.229. The molecule has 21 heavy (non-hydrogen) atoms. The Morgan fingerprint density at radius 2 is 2.05 bits per heavy atom. The first-order valence-electron chi connectivity index (χ1n) is 7.11. The number of aromatic amines is 1. The second-order valence-corrected chi connectivity index (χ2v) is 5.72. The molecule has 3 rings (SSSR count). The van der Waals surface area contributed by atoms with Crippen molar-refractivity contribution in [3.8, 4) is 0 Å². The highest BCUT2D eigenvalue weighted by atomic mass is 16.4. The van der Waals surface area contributed by atoms with Crippen LogP contribution in [0.5, 0.6) is 0 Å². The van der Waals surface area contributed by atoms with Crippen LogP contribution < -0.4 is 0 Å². The van der Waals surface area contributed by atoms with E-state index in [1.165, 1.54) is 4.90 Å². The molecule has 1 saturated heterocycles. The maximum absolute atomic E-state index is 12.6. The monoisotopic (exact) mass is 286 g/mol. The van der Waals surface area contributed by atoms with Crippen molar-refractivity contribution in [3.05, 3.63) is 35.0 Å². The highest BCUT2D eigenvalue weighted by molar-refractivity contribution is 6.00. The van der Waals surface area contributed by atoms with E-state index in [0.29, 0.717) is 18.7 Å². The lowest BCUT2D eigenvalue weighted by Gasteiger charge is -2.20. The Morgan fingerprint density at radius 1 is 1.29 bits per heavy atom. The van der Waals surface area contributed by atoms with Crippen LogP contribution in [-0.2, 0) is 4.79 Å². The van der Waals surface area contributed by atoms with Crippen LogP contribution in [0, 0.1) is 13.8 Å². The number of aryl methyl sites for hydroxylation is 2. The van der Waals surface area contributed by atoms with Crippen molar-refractivity contribution in [2.45, 2.75) is 32.7 Å². The Labute approximate surface area is 122 Å². The lowest BCUT2D eigenvalue weighted by molar-refractivity contribution is -0.141. The number of aliphatic carboxylic acids is 1. The van der Waals surface area contributed by atoms with Gasteiger partial charge in [0.05, 0.1) is 0 Å². The molecule has 1 atom stereocenters. The third kappa shape index (κ3) is 2.28. The number of likely N-dealkylation sites (tertiary alicyclic amines) is 1. The van der Waals surface area contributed by atoms with Gasteiger partial charge in [0.1, 0.15) is 11.7 Å². The van der Waals surface area contributed by atoms with E-state index in [9.17, 15) is 14.7 Å². The van der Waals surface area contributed by atoms with Crippen molar-refractivity contribution in [2.75, 3.05) is 6.54 Å². The number of rotatable bonds is 2. The van der Waals surface area contributed by atoms with E-state index in [2.05, 4.69) is 11.1 Å². The van der Waals surface area contributed by atoms with E-state index < -0.39 is 12.0 Å². The summed E-state index contributed by atoms with van der Waals surface area (Å²) in [5, 5.41) is 10.2. The van der Waals surface area contributed by atoms with Gasteiger partial charge < -0.3 is 15.0 Å². The first-order chi connectivity index (χ1) is 9.97. The highest BCUT2D eigenvalue weighted by Gasteiger charge is 2.34. The molecule has 0 saturated carbocycles. The Kier molecular flexibility index (Phi) is 3.20. The van der Waals surface area contributed by atoms with Gasteiger partial charge in [-0.25, -0.2) is 4.79 Å². The summed E-state index contributed by atoms with van der Waals surface area (Å²) in [6, 6.07) is 5.19. The molecule has 1 amide bonds. The number of nitrogens with zero attached hydrogens (tertiary/aromatic N) is 1. The fourth-order valence-corrected chi connectivity index (χ4v) is 3.14. The van der Waals surface area contributed by atoms with E-state index in [1.54, 1.807) is 0 Å². The number of fused-ring (bicyclic) bond motifs is 1. The van der Waals surface area contributed by atoms with Crippen LogP contribution in [0.4, 0.5) is 0 Å². The molecule has 5 heteroatoms. The van der Waals surface area contributed by atoms with Crippen molar-refractivity contribution in [1.29, 1.82) is 0 Å². The average Bonchev–Trinajstić information content (AvgIpc) is 3.03. The van der Waals surface area contributed by atoms with Crippen LogP contribution in [0.2, 0.25) is 0 Å². The smallest absolute Gasteiger partial charge is 0.326 e. The topological polar surface area (TPSA) is 73.4 Å². The Morgan fingerprint density at radius 3 is 2.76 bits per heavy atom. The largest absolute Gasteiger partial charge is 0.480 e. The summed E-state index contributed by atoms with van der Waals surface area (Å²) in [5.41, 5.74) is 3.62. The molecule has 0 aliphatic carbocycles. The molecule has 0 bridgehead atoms. The van der Waals surface area contributed by atoms with Crippen LogP contribution in [0.3, 0.4) is 0 Å². The second kappa shape index (κ2) is 4.91. The first kappa shape index (κ1) is 13.7. The predicted molar refractivity (Wildman–Crippen MR) is 79.5 cm³/mol. The summed E-state index contributed by atoms with van der Waals surface area (Å²) in [4.78, 5) is 28.4. The zero-order valence-electron chi connectivity index (χ0n) is 12.1. The van der Waals surface area contributed by atoms with Gasteiger partial charge in [0.2, 0.25) is 0 Å². The molecule has 2 N–H and O–H groups in total. The van der Waals surface area contributed by atoms with Crippen LogP contribution in [0.25, 0.3) is 10.9 Å². The van der Waals surface area contributed by atoms with Crippen LogP contribution >= 0.6 is 0 Å². The number of carboxylic acid groups (broad SMARTS) is 1. The summed E-state index contributed by atoms with van der Waals surface area (Å²) >= 11 is 0. The number of nitrogens with one attached hydrogen (secondary N) is 1. The van der Waals surface area contributed by atoms with Crippen LogP contribution in [0.15, 0.2) is 18.2 Å². The molecule has 5 nitrogen and oxygen atoms in total. The lowest BCUT2D eigenvalue weighted by Crippen LogP contribution is -2.40. The van der Waals surface area contributed by atoms with Gasteiger partial charge in [0.25, 0.3) is 5.91 Å².